The molecule has 0 radical (unpaired) electrons. The summed E-state index contributed by atoms with van der Waals surface area (Å²) in [5, 5.41) is 19.1. The Morgan fingerprint density at radius 2 is 0.629 bits per heavy atom. The molecular formula is C30H56O4Ru. The van der Waals surface area contributed by atoms with Gasteiger partial charge in [-0.15, -0.1) is 0 Å². The van der Waals surface area contributed by atoms with E-state index < -0.39 is 10.8 Å². The summed E-state index contributed by atoms with van der Waals surface area (Å²) in [4.78, 5) is 23.0. The van der Waals surface area contributed by atoms with Gasteiger partial charge in [0.05, 0.1) is 0 Å². The Labute approximate surface area is 230 Å². The summed E-state index contributed by atoms with van der Waals surface area (Å²) < 4.78 is 0. The minimum atomic E-state index is -0.417. The first kappa shape index (κ1) is 38.6. The van der Waals surface area contributed by atoms with Gasteiger partial charge in [-0.05, 0) is 0 Å². The Kier molecular flexibility index (Phi) is 18.4. The number of aliphatic hydroxyl groups is 2. The molecule has 4 nitrogen and oxygen atoms in total. The minimum Gasteiger partial charge on any atom is -0.512 e. The summed E-state index contributed by atoms with van der Waals surface area (Å²) in [5.41, 5.74) is -1.53. The van der Waals surface area contributed by atoms with E-state index in [1.54, 1.807) is 0 Å². The van der Waals surface area contributed by atoms with Gasteiger partial charge < -0.3 is 10.2 Å². The number of rotatable bonds is 2. The number of carbonyl (C=O) groups is 2. The van der Waals surface area contributed by atoms with E-state index in [4.69, 9.17) is 0 Å². The molecule has 35 heavy (non-hydrogen) atoms. The average Bonchev–Trinajstić information content (AvgIpc) is 2.58. The van der Waals surface area contributed by atoms with Crippen molar-refractivity contribution in [2.45, 2.75) is 134 Å². The monoisotopic (exact) mass is 582 g/mol. The van der Waals surface area contributed by atoms with E-state index in [-0.39, 0.29) is 53.4 Å². The summed E-state index contributed by atoms with van der Waals surface area (Å²) in [6.45, 7) is 22.2. The van der Waals surface area contributed by atoms with Crippen LogP contribution in [0.25, 0.3) is 0 Å². The number of carbonyl (C=O) groups excluding carboxylic acids is 2. The predicted molar refractivity (Wildman–Crippen MR) is 146 cm³/mol. The van der Waals surface area contributed by atoms with E-state index in [0.717, 1.165) is 0 Å². The van der Waals surface area contributed by atoms with Crippen LogP contribution in [0.15, 0.2) is 23.7 Å². The van der Waals surface area contributed by atoms with Crippen molar-refractivity contribution in [2.75, 3.05) is 0 Å². The molecule has 1 aliphatic rings. The van der Waals surface area contributed by atoms with Crippen LogP contribution in [0.1, 0.15) is 134 Å². The van der Waals surface area contributed by atoms with E-state index in [1.807, 2.05) is 83.1 Å². The first-order chi connectivity index (χ1) is 15.1. The molecule has 5 heteroatoms. The van der Waals surface area contributed by atoms with Crippen molar-refractivity contribution in [3.63, 3.8) is 0 Å². The van der Waals surface area contributed by atoms with Gasteiger partial charge in [-0.1, -0.05) is 134 Å². The molecular weight excluding hydrogens is 525 g/mol. The third-order valence-corrected chi connectivity index (χ3v) is 5.55. The van der Waals surface area contributed by atoms with Crippen LogP contribution in [0.2, 0.25) is 0 Å². The van der Waals surface area contributed by atoms with Gasteiger partial charge in [0.25, 0.3) is 0 Å². The second-order valence-electron chi connectivity index (χ2n) is 13.6. The number of hydrogen-bond acceptors (Lipinski definition) is 4. The largest absolute Gasteiger partial charge is 0.512 e. The fraction of sp³-hybridized carbons (Fsp3) is 0.800. The summed E-state index contributed by atoms with van der Waals surface area (Å²) >= 11 is 0. The van der Waals surface area contributed by atoms with Crippen molar-refractivity contribution >= 4 is 11.6 Å². The predicted octanol–water partition coefficient (Wildman–Crippen LogP) is 9.30. The molecule has 0 aromatic carbocycles. The third-order valence-electron chi connectivity index (χ3n) is 5.55. The molecule has 0 aliphatic heterocycles. The van der Waals surface area contributed by atoms with E-state index >= 15 is 0 Å². The quantitative estimate of drug-likeness (QED) is 0.194. The fourth-order valence-electron chi connectivity index (χ4n) is 2.53. The average molecular weight is 582 g/mol. The Morgan fingerprint density at radius 1 is 0.457 bits per heavy atom. The second kappa shape index (κ2) is 16.7. The van der Waals surface area contributed by atoms with Crippen molar-refractivity contribution < 1.29 is 39.3 Å². The molecule has 0 heterocycles. The van der Waals surface area contributed by atoms with E-state index in [2.05, 4.69) is 0 Å². The zero-order valence-corrected chi connectivity index (χ0v) is 26.6. The first-order valence-corrected chi connectivity index (χ1v) is 13.0. The van der Waals surface area contributed by atoms with E-state index in [0.29, 0.717) is 0 Å². The minimum absolute atomic E-state index is 0. The Balaban J connectivity index is -0.000000444. The molecule has 0 atom stereocenters. The third kappa shape index (κ3) is 20.9. The van der Waals surface area contributed by atoms with Gasteiger partial charge in [-0.2, -0.15) is 0 Å². The molecule has 1 saturated carbocycles. The molecule has 0 amide bonds. The Bertz CT molecular complexity index is 599. The number of aliphatic hydroxyl groups excluding tert-OH is 2. The zero-order valence-electron chi connectivity index (χ0n) is 24.9. The van der Waals surface area contributed by atoms with Crippen LogP contribution >= 0.6 is 0 Å². The summed E-state index contributed by atoms with van der Waals surface area (Å²) in [6.07, 6.45) is 14.7. The Morgan fingerprint density at radius 3 is 0.743 bits per heavy atom. The summed E-state index contributed by atoms with van der Waals surface area (Å²) in [7, 11) is 0. The second-order valence-corrected chi connectivity index (χ2v) is 13.6. The molecule has 0 aromatic rings. The maximum Gasteiger partial charge on any atom is 0.164 e. The number of allylic oxidation sites excluding steroid dienone is 4. The van der Waals surface area contributed by atoms with Crippen LogP contribution in [-0.4, -0.2) is 21.8 Å². The van der Waals surface area contributed by atoms with Gasteiger partial charge in [0.15, 0.2) is 11.6 Å². The van der Waals surface area contributed by atoms with Gasteiger partial charge in [0.2, 0.25) is 0 Å². The van der Waals surface area contributed by atoms with Crippen molar-refractivity contribution in [3.8, 4) is 0 Å². The molecule has 1 rings (SSSR count). The molecule has 2 N–H and O–H groups in total. The van der Waals surface area contributed by atoms with E-state index in [9.17, 15) is 19.8 Å². The van der Waals surface area contributed by atoms with Crippen LogP contribution in [0.4, 0.5) is 0 Å². The first-order valence-electron chi connectivity index (χ1n) is 13.0. The van der Waals surface area contributed by atoms with Crippen LogP contribution in [-0.2, 0) is 29.1 Å². The molecule has 1 fully saturated rings. The fourth-order valence-corrected chi connectivity index (χ4v) is 2.53. The van der Waals surface area contributed by atoms with Gasteiger partial charge in [-0.3, -0.25) is 9.59 Å². The van der Waals surface area contributed by atoms with Crippen molar-refractivity contribution in [1.29, 1.82) is 0 Å². The molecule has 0 bridgehead atoms. The molecule has 208 valence electrons. The Hall–Kier alpha value is -0.957. The maximum absolute atomic E-state index is 11.5. The molecule has 1 aliphatic carbocycles. The van der Waals surface area contributed by atoms with Crippen LogP contribution < -0.4 is 0 Å². The topological polar surface area (TPSA) is 74.6 Å². The van der Waals surface area contributed by atoms with Crippen LogP contribution in [0.5, 0.6) is 0 Å². The standard InChI is InChI=1S/2C11H20O2.C8H16.Ru/c2*1-10(2,3)8(12)7-9(13)11(4,5)6;1-2-4-6-8-7-5-3-1;/h2*7,12H,1-6H3;1-8H2;/b2*8-7+;;. The van der Waals surface area contributed by atoms with Gasteiger partial charge in [0, 0.05) is 53.3 Å². The number of ketones is 2. The van der Waals surface area contributed by atoms with Gasteiger partial charge in [0.1, 0.15) is 11.5 Å². The van der Waals surface area contributed by atoms with Gasteiger partial charge >= 0.3 is 0 Å². The smallest absolute Gasteiger partial charge is 0.164 e. The molecule has 0 spiro atoms. The molecule has 0 unspecified atom stereocenters. The van der Waals surface area contributed by atoms with Crippen LogP contribution in [0, 0.1) is 21.7 Å². The number of hydrogen-bond donors (Lipinski definition) is 2. The maximum atomic E-state index is 11.5. The molecule has 0 aromatic heterocycles. The van der Waals surface area contributed by atoms with Gasteiger partial charge in [-0.25, -0.2) is 0 Å². The van der Waals surface area contributed by atoms with Crippen molar-refractivity contribution in [2.24, 2.45) is 21.7 Å². The van der Waals surface area contributed by atoms with Crippen LogP contribution in [0.3, 0.4) is 0 Å². The van der Waals surface area contributed by atoms with E-state index in [1.165, 1.54) is 63.5 Å². The summed E-state index contributed by atoms with van der Waals surface area (Å²) in [6, 6.07) is 0. The van der Waals surface area contributed by atoms with Crippen molar-refractivity contribution in [3.05, 3.63) is 23.7 Å². The summed E-state index contributed by atoms with van der Waals surface area (Å²) in [5.74, 6) is 0.208. The zero-order chi connectivity index (χ0) is 27.4. The van der Waals surface area contributed by atoms with Crippen molar-refractivity contribution in [1.82, 2.24) is 0 Å². The normalized spacial score (nSPS) is 16.2. The molecule has 0 saturated heterocycles. The SMILES string of the molecule is C1CCCCCCC1.CC(C)(C)C(=O)/C=C(/O)C(C)(C)C.CC(C)(C)C(=O)/C=C(/O)C(C)(C)C.[Ru].